The van der Waals surface area contributed by atoms with Crippen LogP contribution >= 0.6 is 11.3 Å². The van der Waals surface area contributed by atoms with E-state index in [4.69, 9.17) is 0 Å². The summed E-state index contributed by atoms with van der Waals surface area (Å²) in [6.45, 7) is 8.41. The lowest BCUT2D eigenvalue weighted by atomic mass is 10.1. The summed E-state index contributed by atoms with van der Waals surface area (Å²) >= 11 is 1.81. The molecule has 0 saturated carbocycles. The lowest BCUT2D eigenvalue weighted by Crippen LogP contribution is -2.15. The van der Waals surface area contributed by atoms with Crippen LogP contribution in [-0.2, 0) is 33.0 Å². The van der Waals surface area contributed by atoms with Crippen LogP contribution in [0.1, 0.15) is 41.2 Å². The smallest absolute Gasteiger partial charge is 0.0669 e. The standard InChI is InChI=1S/C15H23N3S/c1-5-14-13(15(6-2)18(4)17-14)10-16-9-12-7-8-19-11(12)3/h7-8,16H,5-6,9-10H2,1-4H3. The fraction of sp³-hybridized carbons (Fsp3) is 0.533. The highest BCUT2D eigenvalue weighted by Crippen LogP contribution is 2.17. The van der Waals surface area contributed by atoms with Crippen LogP contribution in [0.15, 0.2) is 11.4 Å². The van der Waals surface area contributed by atoms with Gasteiger partial charge in [-0.3, -0.25) is 4.68 Å². The molecule has 0 radical (unpaired) electrons. The van der Waals surface area contributed by atoms with E-state index in [1.54, 1.807) is 0 Å². The first-order valence-electron chi connectivity index (χ1n) is 6.94. The summed E-state index contributed by atoms with van der Waals surface area (Å²) in [7, 11) is 2.05. The topological polar surface area (TPSA) is 29.9 Å². The van der Waals surface area contributed by atoms with Gasteiger partial charge in [0.2, 0.25) is 0 Å². The Kier molecular flexibility index (Phi) is 4.77. The zero-order chi connectivity index (χ0) is 13.8. The van der Waals surface area contributed by atoms with Gasteiger partial charge in [-0.1, -0.05) is 13.8 Å². The highest BCUT2D eigenvalue weighted by molar-refractivity contribution is 7.10. The van der Waals surface area contributed by atoms with E-state index in [0.717, 1.165) is 25.9 Å². The van der Waals surface area contributed by atoms with Crippen molar-refractivity contribution in [3.8, 4) is 0 Å². The molecule has 19 heavy (non-hydrogen) atoms. The quantitative estimate of drug-likeness (QED) is 0.878. The molecule has 0 fully saturated rings. The fourth-order valence-electron chi connectivity index (χ4n) is 2.51. The van der Waals surface area contributed by atoms with Crippen molar-refractivity contribution in [1.29, 1.82) is 0 Å². The van der Waals surface area contributed by atoms with Gasteiger partial charge in [0.25, 0.3) is 0 Å². The maximum absolute atomic E-state index is 4.61. The zero-order valence-corrected chi connectivity index (χ0v) is 13.1. The van der Waals surface area contributed by atoms with Crippen molar-refractivity contribution in [2.24, 2.45) is 7.05 Å². The summed E-state index contributed by atoms with van der Waals surface area (Å²) in [6, 6.07) is 2.21. The summed E-state index contributed by atoms with van der Waals surface area (Å²) in [5.41, 5.74) is 5.38. The van der Waals surface area contributed by atoms with Crippen LogP contribution in [0.25, 0.3) is 0 Å². The van der Waals surface area contributed by atoms with E-state index < -0.39 is 0 Å². The highest BCUT2D eigenvalue weighted by atomic mass is 32.1. The molecule has 2 aromatic rings. The molecule has 0 amide bonds. The Bertz CT molecular complexity index is 540. The Hall–Kier alpha value is -1.13. The maximum Gasteiger partial charge on any atom is 0.0669 e. The molecular formula is C15H23N3S. The Morgan fingerprint density at radius 1 is 1.26 bits per heavy atom. The van der Waals surface area contributed by atoms with Gasteiger partial charge in [-0.05, 0) is 36.8 Å². The van der Waals surface area contributed by atoms with Crippen LogP contribution in [-0.4, -0.2) is 9.78 Å². The normalized spacial score (nSPS) is 11.2. The maximum atomic E-state index is 4.61. The monoisotopic (exact) mass is 277 g/mol. The number of rotatable bonds is 6. The molecule has 0 aliphatic rings. The summed E-state index contributed by atoms with van der Waals surface area (Å²) in [6.07, 6.45) is 2.04. The van der Waals surface area contributed by atoms with Gasteiger partial charge in [0.05, 0.1) is 5.69 Å². The number of hydrogen-bond donors (Lipinski definition) is 1. The SMILES string of the molecule is CCc1nn(C)c(CC)c1CNCc1ccsc1C. The predicted molar refractivity (Wildman–Crippen MR) is 81.6 cm³/mol. The third-order valence-corrected chi connectivity index (χ3v) is 4.50. The minimum Gasteiger partial charge on any atom is -0.308 e. The second kappa shape index (κ2) is 6.35. The summed E-state index contributed by atoms with van der Waals surface area (Å²) < 4.78 is 2.03. The van der Waals surface area contributed by atoms with E-state index in [9.17, 15) is 0 Å². The lowest BCUT2D eigenvalue weighted by molar-refractivity contribution is 0.675. The lowest BCUT2D eigenvalue weighted by Gasteiger charge is -2.07. The second-order valence-electron chi connectivity index (χ2n) is 4.81. The molecular weight excluding hydrogens is 254 g/mol. The minimum atomic E-state index is 0.912. The molecule has 0 unspecified atom stereocenters. The van der Waals surface area contributed by atoms with Gasteiger partial charge in [-0.25, -0.2) is 0 Å². The highest BCUT2D eigenvalue weighted by Gasteiger charge is 2.13. The van der Waals surface area contributed by atoms with Crippen molar-refractivity contribution in [1.82, 2.24) is 15.1 Å². The number of hydrogen-bond acceptors (Lipinski definition) is 3. The largest absolute Gasteiger partial charge is 0.308 e. The van der Waals surface area contributed by atoms with Gasteiger partial charge in [0.1, 0.15) is 0 Å². The van der Waals surface area contributed by atoms with Crippen LogP contribution in [0.3, 0.4) is 0 Å². The van der Waals surface area contributed by atoms with Gasteiger partial charge in [0, 0.05) is 36.3 Å². The molecule has 1 N–H and O–H groups in total. The molecule has 3 nitrogen and oxygen atoms in total. The molecule has 2 aromatic heterocycles. The van der Waals surface area contributed by atoms with Gasteiger partial charge in [-0.2, -0.15) is 5.10 Å². The number of nitrogens with zero attached hydrogens (tertiary/aromatic N) is 2. The molecule has 2 rings (SSSR count). The van der Waals surface area contributed by atoms with Crippen LogP contribution in [0.5, 0.6) is 0 Å². The Morgan fingerprint density at radius 3 is 2.63 bits per heavy atom. The van der Waals surface area contributed by atoms with Gasteiger partial charge < -0.3 is 5.32 Å². The molecule has 0 atom stereocenters. The van der Waals surface area contributed by atoms with Crippen molar-refractivity contribution in [2.75, 3.05) is 0 Å². The van der Waals surface area contributed by atoms with Crippen molar-refractivity contribution >= 4 is 11.3 Å². The van der Waals surface area contributed by atoms with E-state index in [1.807, 2.05) is 23.1 Å². The van der Waals surface area contributed by atoms with Crippen molar-refractivity contribution in [3.63, 3.8) is 0 Å². The number of aryl methyl sites for hydroxylation is 3. The van der Waals surface area contributed by atoms with Gasteiger partial charge in [-0.15, -0.1) is 11.3 Å². The van der Waals surface area contributed by atoms with Crippen LogP contribution < -0.4 is 5.32 Å². The average molecular weight is 277 g/mol. The Labute approximate surface area is 119 Å². The molecule has 0 aliphatic carbocycles. The van der Waals surface area contributed by atoms with Gasteiger partial charge >= 0.3 is 0 Å². The first-order chi connectivity index (χ1) is 9.17. The van der Waals surface area contributed by atoms with Crippen LogP contribution in [0.2, 0.25) is 0 Å². The Morgan fingerprint density at radius 2 is 2.05 bits per heavy atom. The molecule has 104 valence electrons. The summed E-state index contributed by atoms with van der Waals surface area (Å²) in [5.74, 6) is 0. The molecule has 2 heterocycles. The van der Waals surface area contributed by atoms with Crippen molar-refractivity contribution < 1.29 is 0 Å². The van der Waals surface area contributed by atoms with E-state index in [1.165, 1.54) is 27.4 Å². The molecule has 0 aromatic carbocycles. The molecule has 0 bridgehead atoms. The molecule has 0 spiro atoms. The average Bonchev–Trinajstić information content (AvgIpc) is 2.93. The van der Waals surface area contributed by atoms with Crippen LogP contribution in [0.4, 0.5) is 0 Å². The third kappa shape index (κ3) is 3.07. The van der Waals surface area contributed by atoms with Crippen molar-refractivity contribution in [2.45, 2.75) is 46.7 Å². The van der Waals surface area contributed by atoms with Gasteiger partial charge in [0.15, 0.2) is 0 Å². The van der Waals surface area contributed by atoms with E-state index in [2.05, 4.69) is 42.6 Å². The molecule has 0 saturated heterocycles. The number of aromatic nitrogens is 2. The van der Waals surface area contributed by atoms with E-state index in [-0.39, 0.29) is 0 Å². The van der Waals surface area contributed by atoms with Crippen molar-refractivity contribution in [3.05, 3.63) is 38.8 Å². The van der Waals surface area contributed by atoms with E-state index in [0.29, 0.717) is 0 Å². The minimum absolute atomic E-state index is 0.912. The zero-order valence-electron chi connectivity index (χ0n) is 12.3. The number of thiophene rings is 1. The van der Waals surface area contributed by atoms with Crippen LogP contribution in [0, 0.1) is 6.92 Å². The summed E-state index contributed by atoms with van der Waals surface area (Å²) in [4.78, 5) is 1.41. The predicted octanol–water partition coefficient (Wildman–Crippen LogP) is 3.20. The first-order valence-corrected chi connectivity index (χ1v) is 7.82. The fourth-order valence-corrected chi connectivity index (χ4v) is 3.24. The Balaban J connectivity index is 2.05. The second-order valence-corrected chi connectivity index (χ2v) is 5.93. The first kappa shape index (κ1) is 14.3. The molecule has 0 aliphatic heterocycles. The molecule has 4 heteroatoms. The summed E-state index contributed by atoms with van der Waals surface area (Å²) in [5, 5.41) is 10.3. The van der Waals surface area contributed by atoms with E-state index >= 15 is 0 Å². The third-order valence-electron chi connectivity index (χ3n) is 3.61. The number of nitrogens with one attached hydrogen (secondary N) is 1.